The summed E-state index contributed by atoms with van der Waals surface area (Å²) in [5.74, 6) is -1.73. The summed E-state index contributed by atoms with van der Waals surface area (Å²) in [6, 6.07) is 3.27. The number of carboxylic acids is 1. The number of aromatic nitrogens is 1. The molecule has 1 fully saturated rings. The second-order valence-corrected chi connectivity index (χ2v) is 4.94. The van der Waals surface area contributed by atoms with E-state index in [0.29, 0.717) is 12.2 Å². The summed E-state index contributed by atoms with van der Waals surface area (Å²) in [6.45, 7) is 4.47. The standard InChI is InChI=1S/C14H18N2O3/c1-3-6-16-12(17)7-10(14(18)19)13(16)11-5-4-9(2)8-15-11/h4-5,8,10,13H,3,6-7H2,1-2H3,(H,18,19). The van der Waals surface area contributed by atoms with Crippen molar-refractivity contribution in [2.75, 3.05) is 6.54 Å². The zero-order valence-corrected chi connectivity index (χ0v) is 11.2. The van der Waals surface area contributed by atoms with Gasteiger partial charge >= 0.3 is 5.97 Å². The Kier molecular flexibility index (Phi) is 3.83. The van der Waals surface area contributed by atoms with E-state index in [9.17, 15) is 14.7 Å². The Bertz CT molecular complexity index is 484. The molecule has 2 atom stereocenters. The first-order valence-corrected chi connectivity index (χ1v) is 6.49. The third kappa shape index (κ3) is 2.59. The molecule has 2 heterocycles. The van der Waals surface area contributed by atoms with E-state index in [1.165, 1.54) is 0 Å². The second-order valence-electron chi connectivity index (χ2n) is 4.94. The topological polar surface area (TPSA) is 70.5 Å². The number of nitrogens with zero attached hydrogens (tertiary/aromatic N) is 2. The molecule has 1 aromatic rings. The van der Waals surface area contributed by atoms with Crippen molar-refractivity contribution in [1.82, 2.24) is 9.88 Å². The van der Waals surface area contributed by atoms with Gasteiger partial charge in [0, 0.05) is 19.2 Å². The zero-order chi connectivity index (χ0) is 14.0. The number of likely N-dealkylation sites (tertiary alicyclic amines) is 1. The molecular formula is C14H18N2O3. The van der Waals surface area contributed by atoms with Crippen LogP contribution in [0, 0.1) is 12.8 Å². The molecule has 0 spiro atoms. The fourth-order valence-corrected chi connectivity index (χ4v) is 2.54. The molecule has 1 aliphatic rings. The van der Waals surface area contributed by atoms with Crippen LogP contribution in [0.4, 0.5) is 0 Å². The zero-order valence-electron chi connectivity index (χ0n) is 11.2. The van der Waals surface area contributed by atoms with Gasteiger partial charge in [-0.2, -0.15) is 0 Å². The first-order chi connectivity index (χ1) is 9.04. The van der Waals surface area contributed by atoms with Gasteiger partial charge in [0.05, 0.1) is 17.7 Å². The van der Waals surface area contributed by atoms with E-state index in [-0.39, 0.29) is 12.3 Å². The van der Waals surface area contributed by atoms with Crippen LogP contribution in [0.25, 0.3) is 0 Å². The number of amides is 1. The van der Waals surface area contributed by atoms with Crippen LogP contribution in [0.3, 0.4) is 0 Å². The molecule has 1 amide bonds. The molecule has 102 valence electrons. The van der Waals surface area contributed by atoms with E-state index in [4.69, 9.17) is 0 Å². The smallest absolute Gasteiger partial charge is 0.309 e. The maximum absolute atomic E-state index is 12.0. The van der Waals surface area contributed by atoms with Crippen molar-refractivity contribution >= 4 is 11.9 Å². The third-order valence-electron chi connectivity index (χ3n) is 3.45. The lowest BCUT2D eigenvalue weighted by Gasteiger charge is -2.26. The van der Waals surface area contributed by atoms with Gasteiger partial charge in [0.25, 0.3) is 0 Å². The number of carboxylic acid groups (broad SMARTS) is 1. The highest BCUT2D eigenvalue weighted by Gasteiger charge is 2.44. The third-order valence-corrected chi connectivity index (χ3v) is 3.45. The van der Waals surface area contributed by atoms with Crippen LogP contribution in [0.1, 0.15) is 37.1 Å². The Labute approximate surface area is 112 Å². The number of hydrogen-bond acceptors (Lipinski definition) is 3. The summed E-state index contributed by atoms with van der Waals surface area (Å²) in [7, 11) is 0. The lowest BCUT2D eigenvalue weighted by atomic mass is 9.97. The summed E-state index contributed by atoms with van der Waals surface area (Å²) in [5, 5.41) is 9.30. The number of hydrogen-bond donors (Lipinski definition) is 1. The fourth-order valence-electron chi connectivity index (χ4n) is 2.54. The number of aliphatic carboxylic acids is 1. The van der Waals surface area contributed by atoms with Crippen molar-refractivity contribution in [3.63, 3.8) is 0 Å². The van der Waals surface area contributed by atoms with E-state index in [1.807, 2.05) is 26.0 Å². The minimum absolute atomic E-state index is 0.0650. The van der Waals surface area contributed by atoms with E-state index in [1.54, 1.807) is 11.1 Å². The SMILES string of the molecule is CCCN1C(=O)CC(C(=O)O)C1c1ccc(C)cn1. The van der Waals surface area contributed by atoms with Crippen molar-refractivity contribution in [2.45, 2.75) is 32.7 Å². The average Bonchev–Trinajstić information content (AvgIpc) is 2.69. The summed E-state index contributed by atoms with van der Waals surface area (Å²) in [4.78, 5) is 29.3. The van der Waals surface area contributed by atoms with E-state index >= 15 is 0 Å². The van der Waals surface area contributed by atoms with Gasteiger partial charge in [0.2, 0.25) is 5.91 Å². The molecule has 2 rings (SSSR count). The Morgan fingerprint density at radius 1 is 1.53 bits per heavy atom. The number of aryl methyl sites for hydroxylation is 1. The van der Waals surface area contributed by atoms with Crippen LogP contribution >= 0.6 is 0 Å². The minimum Gasteiger partial charge on any atom is -0.481 e. The molecule has 0 radical (unpaired) electrons. The normalized spacial score (nSPS) is 22.8. The molecule has 19 heavy (non-hydrogen) atoms. The molecule has 5 heteroatoms. The van der Waals surface area contributed by atoms with Crippen molar-refractivity contribution in [2.24, 2.45) is 5.92 Å². The highest BCUT2D eigenvalue weighted by atomic mass is 16.4. The van der Waals surface area contributed by atoms with E-state index < -0.39 is 17.9 Å². The lowest BCUT2D eigenvalue weighted by Crippen LogP contribution is -2.31. The van der Waals surface area contributed by atoms with Crippen LogP contribution < -0.4 is 0 Å². The van der Waals surface area contributed by atoms with E-state index in [2.05, 4.69) is 4.98 Å². The molecule has 0 saturated carbocycles. The predicted octanol–water partition coefficient (Wildman–Crippen LogP) is 1.77. The number of carbonyl (C=O) groups excluding carboxylic acids is 1. The van der Waals surface area contributed by atoms with Gasteiger partial charge in [0.15, 0.2) is 0 Å². The Morgan fingerprint density at radius 3 is 2.79 bits per heavy atom. The maximum atomic E-state index is 12.0. The van der Waals surface area contributed by atoms with Gasteiger partial charge in [-0.25, -0.2) is 0 Å². The molecule has 1 N–H and O–H groups in total. The molecular weight excluding hydrogens is 244 g/mol. The van der Waals surface area contributed by atoms with Crippen LogP contribution in [0.15, 0.2) is 18.3 Å². The van der Waals surface area contributed by atoms with Gasteiger partial charge in [-0.1, -0.05) is 13.0 Å². The minimum atomic E-state index is -0.931. The Balaban J connectivity index is 2.37. The maximum Gasteiger partial charge on any atom is 0.309 e. The van der Waals surface area contributed by atoms with Gasteiger partial charge in [-0.3, -0.25) is 14.6 Å². The summed E-state index contributed by atoms with van der Waals surface area (Å²) < 4.78 is 0. The van der Waals surface area contributed by atoms with Crippen LogP contribution in [0.5, 0.6) is 0 Å². The molecule has 0 aromatic carbocycles. The van der Waals surface area contributed by atoms with Crippen LogP contribution in [-0.2, 0) is 9.59 Å². The Hall–Kier alpha value is -1.91. The summed E-state index contributed by atoms with van der Waals surface area (Å²) in [5.41, 5.74) is 1.68. The van der Waals surface area contributed by atoms with Gasteiger partial charge < -0.3 is 10.0 Å². The largest absolute Gasteiger partial charge is 0.481 e. The lowest BCUT2D eigenvalue weighted by molar-refractivity contribution is -0.142. The Morgan fingerprint density at radius 2 is 2.26 bits per heavy atom. The molecule has 5 nitrogen and oxygen atoms in total. The van der Waals surface area contributed by atoms with Crippen molar-refractivity contribution in [1.29, 1.82) is 0 Å². The van der Waals surface area contributed by atoms with E-state index in [0.717, 1.165) is 12.0 Å². The van der Waals surface area contributed by atoms with Gasteiger partial charge in [0.1, 0.15) is 0 Å². The highest BCUT2D eigenvalue weighted by Crippen LogP contribution is 2.37. The molecule has 1 aromatic heterocycles. The van der Waals surface area contributed by atoms with Crippen LogP contribution in [-0.4, -0.2) is 33.4 Å². The van der Waals surface area contributed by atoms with Crippen molar-refractivity contribution in [3.05, 3.63) is 29.6 Å². The molecule has 2 unspecified atom stereocenters. The van der Waals surface area contributed by atoms with Crippen molar-refractivity contribution in [3.8, 4) is 0 Å². The first-order valence-electron chi connectivity index (χ1n) is 6.49. The number of rotatable bonds is 4. The predicted molar refractivity (Wildman–Crippen MR) is 69.5 cm³/mol. The van der Waals surface area contributed by atoms with Gasteiger partial charge in [-0.05, 0) is 25.0 Å². The molecule has 0 bridgehead atoms. The quantitative estimate of drug-likeness (QED) is 0.897. The number of carbonyl (C=O) groups is 2. The average molecular weight is 262 g/mol. The number of pyridine rings is 1. The summed E-state index contributed by atoms with van der Waals surface area (Å²) in [6.07, 6.45) is 2.58. The first kappa shape index (κ1) is 13.5. The van der Waals surface area contributed by atoms with Crippen LogP contribution in [0.2, 0.25) is 0 Å². The monoisotopic (exact) mass is 262 g/mol. The fraction of sp³-hybridized carbons (Fsp3) is 0.500. The second kappa shape index (κ2) is 5.38. The molecule has 1 aliphatic heterocycles. The highest BCUT2D eigenvalue weighted by molar-refractivity contribution is 5.87. The molecule has 0 aliphatic carbocycles. The van der Waals surface area contributed by atoms with Crippen molar-refractivity contribution < 1.29 is 14.7 Å². The summed E-state index contributed by atoms with van der Waals surface area (Å²) >= 11 is 0. The molecule has 1 saturated heterocycles. The van der Waals surface area contributed by atoms with Gasteiger partial charge in [-0.15, -0.1) is 0 Å².